The number of ether oxygens (including phenoxy) is 1. The summed E-state index contributed by atoms with van der Waals surface area (Å²) in [6.45, 7) is 8.33. The summed E-state index contributed by atoms with van der Waals surface area (Å²) in [4.78, 5) is 12.5. The third kappa shape index (κ3) is 4.62. The Morgan fingerprint density at radius 1 is 1.36 bits per heavy atom. The zero-order chi connectivity index (χ0) is 21.3. The molecule has 1 fully saturated rings. The van der Waals surface area contributed by atoms with Crippen LogP contribution in [0.25, 0.3) is 0 Å². The number of carboxylic acid groups (broad SMARTS) is 1. The van der Waals surface area contributed by atoms with Gasteiger partial charge in [0.25, 0.3) is 0 Å². The first-order chi connectivity index (χ1) is 12.8. The van der Waals surface area contributed by atoms with Crippen LogP contribution in [0.2, 0.25) is 0 Å². The van der Waals surface area contributed by atoms with Crippen LogP contribution in [0.3, 0.4) is 0 Å². The van der Waals surface area contributed by atoms with Crippen molar-refractivity contribution in [3.05, 3.63) is 27.1 Å². The van der Waals surface area contributed by atoms with Crippen LogP contribution in [0, 0.1) is 0 Å². The van der Waals surface area contributed by atoms with Gasteiger partial charge in [-0.25, -0.2) is 17.6 Å². The van der Waals surface area contributed by atoms with E-state index in [1.165, 1.54) is 6.07 Å². The highest BCUT2D eigenvalue weighted by atomic mass is 79.9. The quantitative estimate of drug-likeness (QED) is 0.531. The number of quaternary nitrogens is 1. The summed E-state index contributed by atoms with van der Waals surface area (Å²) in [7, 11) is -3.83. The molecule has 1 aliphatic rings. The predicted molar refractivity (Wildman–Crippen MR) is 114 cm³/mol. The first-order valence-corrected chi connectivity index (χ1v) is 12.1. The smallest absolute Gasteiger partial charge is 0.435 e. The minimum atomic E-state index is -3.83. The van der Waals surface area contributed by atoms with Crippen molar-refractivity contribution >= 4 is 48.0 Å². The van der Waals surface area contributed by atoms with E-state index >= 15 is 0 Å². The molecule has 3 atom stereocenters. The topological polar surface area (TPSA) is 92.7 Å². The second-order valence-electron chi connectivity index (χ2n) is 7.95. The summed E-state index contributed by atoms with van der Waals surface area (Å²) in [5, 5.41) is 10.1. The van der Waals surface area contributed by atoms with Gasteiger partial charge < -0.3 is 9.84 Å². The van der Waals surface area contributed by atoms with Crippen LogP contribution in [0.15, 0.2) is 32.0 Å². The first kappa shape index (κ1) is 23.8. The Hall–Kier alpha value is -0.520. The molecule has 2 rings (SSSR count). The number of hydrogen-bond acceptors (Lipinski definition) is 4. The molecule has 7 nitrogen and oxygen atoms in total. The van der Waals surface area contributed by atoms with Gasteiger partial charge in [0.1, 0.15) is 18.1 Å². The molecular weight excluding hydrogens is 516 g/mol. The minimum absolute atomic E-state index is 0.110. The van der Waals surface area contributed by atoms with Gasteiger partial charge in [0.05, 0.1) is 17.5 Å². The van der Waals surface area contributed by atoms with E-state index in [4.69, 9.17) is 4.74 Å². The van der Waals surface area contributed by atoms with Crippen LogP contribution >= 0.6 is 31.9 Å². The number of hydrogen-bond donors (Lipinski definition) is 2. The molecule has 28 heavy (non-hydrogen) atoms. The first-order valence-electron chi connectivity index (χ1n) is 9.01. The van der Waals surface area contributed by atoms with Gasteiger partial charge in [-0.05, 0) is 61.8 Å². The van der Waals surface area contributed by atoms with E-state index in [0.717, 1.165) is 0 Å². The Bertz CT molecular complexity index is 841. The number of nitrogens with one attached hydrogen (secondary N) is 1. The lowest BCUT2D eigenvalue weighted by Gasteiger charge is -2.44. The summed E-state index contributed by atoms with van der Waals surface area (Å²) in [6.07, 6.45) is -0.587. The molecule has 0 aliphatic carbocycles. The summed E-state index contributed by atoms with van der Waals surface area (Å²) in [5.41, 5.74) is -0.621. The number of halogens is 2. The van der Waals surface area contributed by atoms with Crippen LogP contribution in [-0.4, -0.2) is 61.5 Å². The molecule has 0 radical (unpaired) electrons. The molecule has 158 valence electrons. The van der Waals surface area contributed by atoms with Crippen molar-refractivity contribution in [2.45, 2.75) is 56.6 Å². The van der Waals surface area contributed by atoms with Gasteiger partial charge in [0.15, 0.2) is 0 Å². The molecule has 0 spiro atoms. The van der Waals surface area contributed by atoms with Crippen LogP contribution in [0.5, 0.6) is 0 Å². The molecule has 1 saturated heterocycles. The lowest BCUT2D eigenvalue weighted by atomic mass is 10.00. The highest BCUT2D eigenvalue weighted by Crippen LogP contribution is 2.38. The van der Waals surface area contributed by atoms with Crippen LogP contribution in [-0.2, 0) is 14.8 Å². The SMILES string of the molecule is CCOC[C@H]1C[C@@H](NS(=O)(=O)c2cc(Br)ccc2Br)C[N+]1(C(=O)O)C(C)(C)C. The molecule has 1 unspecified atom stereocenters. The number of carbonyl (C=O) groups is 1. The Kier molecular flexibility index (Phi) is 7.37. The van der Waals surface area contributed by atoms with Gasteiger partial charge in [0, 0.05) is 22.0 Å². The summed E-state index contributed by atoms with van der Waals surface area (Å²) in [5.74, 6) is 0. The van der Waals surface area contributed by atoms with Crippen LogP contribution < -0.4 is 4.72 Å². The number of sulfonamides is 1. The van der Waals surface area contributed by atoms with Crippen molar-refractivity contribution in [2.24, 2.45) is 0 Å². The second kappa shape index (κ2) is 8.69. The molecule has 1 amide bonds. The lowest BCUT2D eigenvalue weighted by molar-refractivity contribution is -0.915. The standard InChI is InChI=1S/C18H26Br2N2O5S/c1-5-27-11-14-9-13(10-22(14,17(23)24)18(2,3)4)21-28(25,26)16-8-12(19)6-7-15(16)20/h6-8,13-14,21H,5,9-11H2,1-4H3/p+1/t13-,14-,22?/m1/s1. The molecule has 1 aliphatic heterocycles. The van der Waals surface area contributed by atoms with Crippen LogP contribution in [0.4, 0.5) is 4.79 Å². The van der Waals surface area contributed by atoms with E-state index in [-0.39, 0.29) is 28.6 Å². The molecule has 2 N–H and O–H groups in total. The molecule has 1 heterocycles. The van der Waals surface area contributed by atoms with E-state index < -0.39 is 27.7 Å². The van der Waals surface area contributed by atoms with E-state index in [1.807, 2.05) is 27.7 Å². The Morgan fingerprint density at radius 3 is 2.54 bits per heavy atom. The van der Waals surface area contributed by atoms with E-state index in [9.17, 15) is 18.3 Å². The van der Waals surface area contributed by atoms with Gasteiger partial charge in [-0.15, -0.1) is 0 Å². The highest BCUT2D eigenvalue weighted by Gasteiger charge is 2.60. The fourth-order valence-electron chi connectivity index (χ4n) is 3.92. The predicted octanol–water partition coefficient (Wildman–Crippen LogP) is 3.96. The molecule has 0 bridgehead atoms. The van der Waals surface area contributed by atoms with Gasteiger partial charge in [-0.3, -0.25) is 0 Å². The number of likely N-dealkylation sites (tertiary alicyclic amines) is 1. The number of nitrogens with zero attached hydrogens (tertiary/aromatic N) is 1. The lowest BCUT2D eigenvalue weighted by Crippen LogP contribution is -2.67. The molecule has 1 aromatic rings. The molecule has 0 saturated carbocycles. The van der Waals surface area contributed by atoms with Crippen molar-refractivity contribution in [1.82, 2.24) is 4.72 Å². The summed E-state index contributed by atoms with van der Waals surface area (Å²) >= 11 is 6.57. The normalized spacial score (nSPS) is 25.8. The fourth-order valence-corrected chi connectivity index (χ4v) is 6.66. The van der Waals surface area contributed by atoms with Crippen molar-refractivity contribution in [1.29, 1.82) is 0 Å². The summed E-state index contributed by atoms with van der Waals surface area (Å²) < 4.78 is 35.0. The maximum absolute atomic E-state index is 13.0. The van der Waals surface area contributed by atoms with Crippen molar-refractivity contribution < 1.29 is 27.5 Å². The van der Waals surface area contributed by atoms with Gasteiger partial charge >= 0.3 is 6.09 Å². The monoisotopic (exact) mass is 541 g/mol. The van der Waals surface area contributed by atoms with Gasteiger partial charge in [0.2, 0.25) is 10.0 Å². The molecule has 0 aromatic heterocycles. The molecule has 1 aromatic carbocycles. The maximum Gasteiger partial charge on any atom is 0.514 e. The molecule has 10 heteroatoms. The number of amides is 1. The zero-order valence-electron chi connectivity index (χ0n) is 16.4. The van der Waals surface area contributed by atoms with E-state index in [0.29, 0.717) is 22.0 Å². The number of benzene rings is 1. The van der Waals surface area contributed by atoms with E-state index in [2.05, 4.69) is 36.6 Å². The Balaban J connectivity index is 2.37. The zero-order valence-corrected chi connectivity index (χ0v) is 20.4. The third-order valence-electron chi connectivity index (χ3n) is 5.25. The Labute approximate surface area is 183 Å². The van der Waals surface area contributed by atoms with Crippen molar-refractivity contribution in [2.75, 3.05) is 19.8 Å². The number of rotatable bonds is 6. The average Bonchev–Trinajstić information content (AvgIpc) is 2.93. The second-order valence-corrected chi connectivity index (χ2v) is 11.4. The highest BCUT2D eigenvalue weighted by molar-refractivity contribution is 9.11. The summed E-state index contributed by atoms with van der Waals surface area (Å²) in [6, 6.07) is 4.04. The van der Waals surface area contributed by atoms with Crippen molar-refractivity contribution in [3.63, 3.8) is 0 Å². The van der Waals surface area contributed by atoms with E-state index in [1.54, 1.807) is 12.1 Å². The Morgan fingerprint density at radius 2 is 2.00 bits per heavy atom. The van der Waals surface area contributed by atoms with Crippen molar-refractivity contribution in [3.8, 4) is 0 Å². The minimum Gasteiger partial charge on any atom is -0.435 e. The van der Waals surface area contributed by atoms with Gasteiger partial charge in [-0.2, -0.15) is 4.79 Å². The molecular formula is C18H27Br2N2O5S+. The third-order valence-corrected chi connectivity index (χ3v) is 8.25. The maximum atomic E-state index is 13.0. The van der Waals surface area contributed by atoms with Crippen LogP contribution in [0.1, 0.15) is 34.1 Å². The van der Waals surface area contributed by atoms with Gasteiger partial charge in [-0.1, -0.05) is 15.9 Å². The largest absolute Gasteiger partial charge is 0.514 e. The fraction of sp³-hybridized carbons (Fsp3) is 0.611. The average molecular weight is 543 g/mol.